The van der Waals surface area contributed by atoms with Crippen LogP contribution in [0.3, 0.4) is 0 Å². The highest BCUT2D eigenvalue weighted by Crippen LogP contribution is 2.20. The van der Waals surface area contributed by atoms with Gasteiger partial charge in [0.25, 0.3) is 11.5 Å². The number of nitrogens with one attached hydrogen (secondary N) is 2. The maximum Gasteiger partial charge on any atom is 0.263 e. The minimum Gasteiger partial charge on any atom is -0.306 e. The van der Waals surface area contributed by atoms with E-state index in [4.69, 9.17) is 11.6 Å². The van der Waals surface area contributed by atoms with Crippen molar-refractivity contribution in [1.82, 2.24) is 29.5 Å². The molecule has 0 aliphatic heterocycles. The fraction of sp³-hybridized carbons (Fsp3) is 0.0455. The third kappa shape index (κ3) is 4.02. The van der Waals surface area contributed by atoms with Gasteiger partial charge in [0.1, 0.15) is 11.2 Å². The lowest BCUT2D eigenvalue weighted by molar-refractivity contribution is 0.102. The summed E-state index contributed by atoms with van der Waals surface area (Å²) in [5.41, 5.74) is 1.84. The summed E-state index contributed by atoms with van der Waals surface area (Å²) in [6.45, 7) is 1.78. The molecule has 0 saturated heterocycles. The summed E-state index contributed by atoms with van der Waals surface area (Å²) in [7, 11) is 0. The van der Waals surface area contributed by atoms with E-state index >= 15 is 0 Å². The first kappa shape index (κ1) is 21.3. The Balaban J connectivity index is 1.59. The van der Waals surface area contributed by atoms with Gasteiger partial charge in [-0.15, -0.1) is 0 Å². The van der Waals surface area contributed by atoms with Crippen LogP contribution in [0.25, 0.3) is 22.7 Å². The molecule has 164 valence electrons. The van der Waals surface area contributed by atoms with Crippen LogP contribution in [0.1, 0.15) is 16.1 Å². The van der Waals surface area contributed by atoms with E-state index in [1.807, 2.05) is 12.1 Å². The molecule has 11 heteroatoms. The fourth-order valence-corrected chi connectivity index (χ4v) is 4.12. The predicted molar refractivity (Wildman–Crippen MR) is 133 cm³/mol. The van der Waals surface area contributed by atoms with Crippen LogP contribution in [0.2, 0.25) is 5.02 Å². The molecule has 33 heavy (non-hydrogen) atoms. The number of aromatic nitrogens is 6. The van der Waals surface area contributed by atoms with Crippen molar-refractivity contribution in [3.05, 3.63) is 91.0 Å². The van der Waals surface area contributed by atoms with Gasteiger partial charge < -0.3 is 5.32 Å². The first-order chi connectivity index (χ1) is 15.9. The molecule has 5 rings (SSSR count). The molecule has 0 fully saturated rings. The molecule has 2 aromatic carbocycles. The lowest BCUT2D eigenvalue weighted by atomic mass is 10.2. The minimum atomic E-state index is -0.377. The number of nitrogens with zero attached hydrogens (tertiary/aromatic N) is 5. The molecule has 1 amide bonds. The summed E-state index contributed by atoms with van der Waals surface area (Å²) < 4.78 is 3.75. The van der Waals surface area contributed by atoms with E-state index in [0.29, 0.717) is 38.8 Å². The largest absolute Gasteiger partial charge is 0.306 e. The van der Waals surface area contributed by atoms with Crippen molar-refractivity contribution < 1.29 is 4.79 Å². The molecular formula is C22H15ClIN7O2. The van der Waals surface area contributed by atoms with Crippen LogP contribution in [-0.4, -0.2) is 35.4 Å². The van der Waals surface area contributed by atoms with Crippen molar-refractivity contribution in [3.63, 3.8) is 0 Å². The molecule has 0 unspecified atom stereocenters. The van der Waals surface area contributed by atoms with Crippen molar-refractivity contribution >= 4 is 57.0 Å². The van der Waals surface area contributed by atoms with Gasteiger partial charge in [-0.3, -0.25) is 14.6 Å². The van der Waals surface area contributed by atoms with Crippen molar-refractivity contribution in [2.24, 2.45) is 0 Å². The predicted octanol–water partition coefficient (Wildman–Crippen LogP) is 4.11. The average molecular weight is 572 g/mol. The zero-order valence-corrected chi connectivity index (χ0v) is 20.0. The van der Waals surface area contributed by atoms with Gasteiger partial charge in [0.15, 0.2) is 5.65 Å². The second-order valence-corrected chi connectivity index (χ2v) is 8.77. The highest BCUT2D eigenvalue weighted by atomic mass is 127. The average Bonchev–Trinajstić information content (AvgIpc) is 3.38. The molecule has 3 aromatic heterocycles. The van der Waals surface area contributed by atoms with E-state index in [-0.39, 0.29) is 17.4 Å². The van der Waals surface area contributed by atoms with Crippen LogP contribution in [-0.2, 0) is 0 Å². The van der Waals surface area contributed by atoms with E-state index in [1.54, 1.807) is 54.1 Å². The molecule has 0 atom stereocenters. The third-order valence-corrected chi connectivity index (χ3v) is 6.08. The standard InChI is InChI=1S/C22H15ClIN7O2/c1-12-10-18(26-20(32)15-4-2-3-5-17(15)24)31(29-12)22-27-19-16(21(33)28-22)11-25-30(19)14-8-6-13(23)7-9-14/h2-11H,1H3,(H,26,32)(H,27,28,33). The summed E-state index contributed by atoms with van der Waals surface area (Å²) >= 11 is 8.10. The van der Waals surface area contributed by atoms with E-state index in [9.17, 15) is 9.59 Å². The molecule has 3 heterocycles. The van der Waals surface area contributed by atoms with Crippen LogP contribution in [0, 0.1) is 10.5 Å². The Hall–Kier alpha value is -3.51. The molecule has 0 aliphatic carbocycles. The zero-order valence-electron chi connectivity index (χ0n) is 17.1. The van der Waals surface area contributed by atoms with Crippen molar-refractivity contribution in [2.75, 3.05) is 5.32 Å². The van der Waals surface area contributed by atoms with E-state index in [1.165, 1.54) is 10.9 Å². The molecule has 5 aromatic rings. The number of benzene rings is 2. The lowest BCUT2D eigenvalue weighted by Crippen LogP contribution is -2.19. The number of hydrogen-bond donors (Lipinski definition) is 2. The summed E-state index contributed by atoms with van der Waals surface area (Å²) in [6, 6.07) is 16.0. The quantitative estimate of drug-likeness (QED) is 0.316. The summed E-state index contributed by atoms with van der Waals surface area (Å²) in [6.07, 6.45) is 1.45. The molecule has 9 nitrogen and oxygen atoms in total. The number of aromatic amines is 1. The van der Waals surface area contributed by atoms with Gasteiger partial charge in [0.2, 0.25) is 5.95 Å². The Bertz CT molecular complexity index is 1570. The number of aryl methyl sites for hydroxylation is 1. The van der Waals surface area contributed by atoms with E-state index in [0.717, 1.165) is 3.57 Å². The van der Waals surface area contributed by atoms with Crippen molar-refractivity contribution in [1.29, 1.82) is 0 Å². The number of anilines is 1. The molecule has 0 radical (unpaired) electrons. The zero-order chi connectivity index (χ0) is 23.1. The van der Waals surface area contributed by atoms with Gasteiger partial charge in [-0.05, 0) is 65.9 Å². The van der Waals surface area contributed by atoms with Crippen LogP contribution in [0.15, 0.2) is 65.6 Å². The molecular weight excluding hydrogens is 557 g/mol. The fourth-order valence-electron chi connectivity index (χ4n) is 3.36. The van der Waals surface area contributed by atoms with Crippen LogP contribution in [0.5, 0.6) is 0 Å². The van der Waals surface area contributed by atoms with Gasteiger partial charge in [0.05, 0.1) is 23.1 Å². The monoisotopic (exact) mass is 571 g/mol. The van der Waals surface area contributed by atoms with Crippen molar-refractivity contribution in [2.45, 2.75) is 6.92 Å². The number of rotatable bonds is 4. The smallest absolute Gasteiger partial charge is 0.263 e. The van der Waals surface area contributed by atoms with E-state index < -0.39 is 0 Å². The number of amides is 1. The van der Waals surface area contributed by atoms with Crippen molar-refractivity contribution in [3.8, 4) is 11.6 Å². The highest BCUT2D eigenvalue weighted by Gasteiger charge is 2.18. The number of H-pyrrole nitrogens is 1. The second kappa shape index (κ2) is 8.45. The maximum atomic E-state index is 12.9. The number of hydrogen-bond acceptors (Lipinski definition) is 5. The first-order valence-electron chi connectivity index (χ1n) is 9.77. The second-order valence-electron chi connectivity index (χ2n) is 7.18. The molecule has 0 spiro atoms. The summed E-state index contributed by atoms with van der Waals surface area (Å²) in [4.78, 5) is 33.0. The van der Waals surface area contributed by atoms with Gasteiger partial charge in [0, 0.05) is 14.7 Å². The molecule has 0 aliphatic rings. The number of halogens is 2. The van der Waals surface area contributed by atoms with Gasteiger partial charge in [-0.1, -0.05) is 23.7 Å². The SMILES string of the molecule is Cc1cc(NC(=O)c2ccccc2I)n(-c2nc3c(cnn3-c3ccc(Cl)cc3)c(=O)[nH]2)n1. The van der Waals surface area contributed by atoms with E-state index in [2.05, 4.69) is 48.1 Å². The summed E-state index contributed by atoms with van der Waals surface area (Å²) in [5, 5.41) is 12.5. The minimum absolute atomic E-state index is 0.148. The molecule has 0 saturated carbocycles. The van der Waals surface area contributed by atoms with Crippen LogP contribution < -0.4 is 10.9 Å². The lowest BCUT2D eigenvalue weighted by Gasteiger charge is -2.10. The number of fused-ring (bicyclic) bond motifs is 1. The number of carbonyl (C=O) groups is 1. The third-order valence-electron chi connectivity index (χ3n) is 4.89. The Labute approximate surface area is 205 Å². The maximum absolute atomic E-state index is 12.9. The Morgan fingerprint density at radius 2 is 1.88 bits per heavy atom. The highest BCUT2D eigenvalue weighted by molar-refractivity contribution is 14.1. The first-order valence-corrected chi connectivity index (χ1v) is 11.2. The topological polar surface area (TPSA) is 110 Å². The number of carbonyl (C=O) groups excluding carboxylic acids is 1. The summed E-state index contributed by atoms with van der Waals surface area (Å²) in [5.74, 6) is 0.224. The Morgan fingerprint density at radius 3 is 2.64 bits per heavy atom. The Kier molecular flexibility index (Phi) is 5.46. The van der Waals surface area contributed by atoms with Crippen LogP contribution in [0.4, 0.5) is 5.82 Å². The van der Waals surface area contributed by atoms with Gasteiger partial charge in [-0.25, -0.2) is 4.68 Å². The van der Waals surface area contributed by atoms with Gasteiger partial charge >= 0.3 is 0 Å². The normalized spacial score (nSPS) is 11.1. The van der Waals surface area contributed by atoms with Gasteiger partial charge in [-0.2, -0.15) is 19.9 Å². The Morgan fingerprint density at radius 1 is 1.12 bits per heavy atom. The van der Waals surface area contributed by atoms with Crippen LogP contribution >= 0.6 is 34.2 Å². The molecule has 0 bridgehead atoms. The molecule has 2 N–H and O–H groups in total.